The number of rotatable bonds is 1. The van der Waals surface area contributed by atoms with Crippen molar-refractivity contribution in [2.24, 2.45) is 0 Å². The molecule has 0 spiro atoms. The minimum atomic E-state index is -0.594. The number of esters is 2. The number of benzene rings is 1. The second-order valence-electron chi connectivity index (χ2n) is 2.63. The molecule has 71 valence electrons. The van der Waals surface area contributed by atoms with Gasteiger partial charge in [0.25, 0.3) is 0 Å². The average Bonchev–Trinajstić information content (AvgIpc) is 2.47. The molecule has 0 atom stereocenters. The van der Waals surface area contributed by atoms with Crippen molar-refractivity contribution in [2.45, 2.75) is 0 Å². The lowest BCUT2D eigenvalue weighted by atomic mass is 10.1. The van der Waals surface area contributed by atoms with E-state index in [9.17, 15) is 9.59 Å². The third-order valence-corrected chi connectivity index (χ3v) is 1.76. The number of carbonyl (C=O) groups excluding carboxylic acids is 2. The normalized spacial score (nSPS) is 14.4. The van der Waals surface area contributed by atoms with Gasteiger partial charge < -0.3 is 4.74 Å². The van der Waals surface area contributed by atoms with Gasteiger partial charge in [-0.05, 0) is 5.56 Å². The zero-order valence-electron chi connectivity index (χ0n) is 7.69. The molecule has 0 aliphatic carbocycles. The smallest absolute Gasteiger partial charge is 0.346 e. The fourth-order valence-electron chi connectivity index (χ4n) is 1.17. The minimum absolute atomic E-state index is 0. The SMILES string of the molecule is O=C1C=C(c2ccccc2)C(=O)O1.[CH3]. The molecule has 3 heteroatoms. The van der Waals surface area contributed by atoms with E-state index < -0.39 is 11.9 Å². The zero-order valence-corrected chi connectivity index (χ0v) is 7.69. The van der Waals surface area contributed by atoms with Crippen LogP contribution in [0.25, 0.3) is 5.57 Å². The number of carbonyl (C=O) groups is 2. The molecule has 0 unspecified atom stereocenters. The minimum Gasteiger partial charge on any atom is -0.386 e. The van der Waals surface area contributed by atoms with E-state index in [1.54, 1.807) is 24.3 Å². The Bertz CT molecular complexity index is 390. The van der Waals surface area contributed by atoms with E-state index in [0.717, 1.165) is 0 Å². The molecule has 0 saturated heterocycles. The van der Waals surface area contributed by atoms with Crippen LogP contribution in [0.4, 0.5) is 0 Å². The molecule has 0 amide bonds. The molecule has 1 aliphatic rings. The van der Waals surface area contributed by atoms with Crippen LogP contribution in [0, 0.1) is 7.43 Å². The van der Waals surface area contributed by atoms with Gasteiger partial charge in [0.1, 0.15) is 0 Å². The molecular formula is C11H9O3. The second-order valence-corrected chi connectivity index (χ2v) is 2.63. The van der Waals surface area contributed by atoms with Gasteiger partial charge in [-0.15, -0.1) is 0 Å². The lowest BCUT2D eigenvalue weighted by Gasteiger charge is -1.96. The van der Waals surface area contributed by atoms with E-state index in [0.29, 0.717) is 11.1 Å². The molecule has 0 N–H and O–H groups in total. The molecule has 0 bridgehead atoms. The Morgan fingerprint density at radius 1 is 1.00 bits per heavy atom. The standard InChI is InChI=1S/C10H6O3.CH3/c11-9-6-8(10(12)13-9)7-4-2-1-3-5-7;/h1-6H;1H3. The molecule has 0 saturated carbocycles. The van der Waals surface area contributed by atoms with E-state index in [2.05, 4.69) is 4.74 Å². The summed E-state index contributed by atoms with van der Waals surface area (Å²) >= 11 is 0. The lowest BCUT2D eigenvalue weighted by molar-refractivity contribution is -0.149. The summed E-state index contributed by atoms with van der Waals surface area (Å²) in [7, 11) is 0. The molecule has 14 heavy (non-hydrogen) atoms. The summed E-state index contributed by atoms with van der Waals surface area (Å²) in [6.45, 7) is 0. The molecule has 1 heterocycles. The monoisotopic (exact) mass is 189 g/mol. The quantitative estimate of drug-likeness (QED) is 0.498. The van der Waals surface area contributed by atoms with E-state index >= 15 is 0 Å². The Hall–Kier alpha value is -1.90. The summed E-state index contributed by atoms with van der Waals surface area (Å²) in [6.07, 6.45) is 1.21. The molecule has 0 fully saturated rings. The Kier molecular flexibility index (Phi) is 2.82. The third kappa shape index (κ3) is 1.71. The van der Waals surface area contributed by atoms with Crippen LogP contribution in [0.3, 0.4) is 0 Å². The van der Waals surface area contributed by atoms with Crippen molar-refractivity contribution < 1.29 is 14.3 Å². The van der Waals surface area contributed by atoms with E-state index in [1.165, 1.54) is 6.08 Å². The first-order valence-corrected chi connectivity index (χ1v) is 3.80. The summed E-state index contributed by atoms with van der Waals surface area (Å²) in [5.74, 6) is -1.17. The molecule has 1 aromatic rings. The zero-order chi connectivity index (χ0) is 9.26. The predicted molar refractivity (Wildman–Crippen MR) is 51.9 cm³/mol. The number of hydrogen-bond acceptors (Lipinski definition) is 3. The molecule has 1 aromatic carbocycles. The van der Waals surface area contributed by atoms with Gasteiger partial charge in [-0.2, -0.15) is 0 Å². The average molecular weight is 189 g/mol. The Morgan fingerprint density at radius 3 is 2.14 bits per heavy atom. The maximum absolute atomic E-state index is 11.1. The van der Waals surface area contributed by atoms with Crippen LogP contribution in [0.15, 0.2) is 36.4 Å². The van der Waals surface area contributed by atoms with E-state index in [-0.39, 0.29) is 7.43 Å². The lowest BCUT2D eigenvalue weighted by Crippen LogP contribution is -2.00. The van der Waals surface area contributed by atoms with Crippen LogP contribution in [0.1, 0.15) is 5.56 Å². The van der Waals surface area contributed by atoms with Gasteiger partial charge >= 0.3 is 11.9 Å². The van der Waals surface area contributed by atoms with Gasteiger partial charge in [0.2, 0.25) is 0 Å². The van der Waals surface area contributed by atoms with Crippen LogP contribution < -0.4 is 0 Å². The van der Waals surface area contributed by atoms with Crippen molar-refractivity contribution >= 4 is 17.5 Å². The van der Waals surface area contributed by atoms with Crippen LogP contribution >= 0.6 is 0 Å². The molecule has 1 aliphatic heterocycles. The topological polar surface area (TPSA) is 43.4 Å². The van der Waals surface area contributed by atoms with Gasteiger partial charge in [0.15, 0.2) is 0 Å². The largest absolute Gasteiger partial charge is 0.386 e. The fraction of sp³-hybridized carbons (Fsp3) is 0. The maximum atomic E-state index is 11.1. The highest BCUT2D eigenvalue weighted by Crippen LogP contribution is 2.20. The Morgan fingerprint density at radius 2 is 1.64 bits per heavy atom. The van der Waals surface area contributed by atoms with Crippen LogP contribution in [-0.4, -0.2) is 11.9 Å². The first-order valence-electron chi connectivity index (χ1n) is 3.80. The summed E-state index contributed by atoms with van der Waals surface area (Å²) < 4.78 is 4.36. The molecule has 1 radical (unpaired) electrons. The summed E-state index contributed by atoms with van der Waals surface area (Å²) in [6, 6.07) is 8.95. The number of cyclic esters (lactones) is 2. The molecule has 2 rings (SSSR count). The highest BCUT2D eigenvalue weighted by atomic mass is 16.6. The van der Waals surface area contributed by atoms with Crippen molar-refractivity contribution in [1.29, 1.82) is 0 Å². The van der Waals surface area contributed by atoms with Gasteiger partial charge in [0.05, 0.1) is 5.57 Å². The molecular weight excluding hydrogens is 180 g/mol. The van der Waals surface area contributed by atoms with E-state index in [4.69, 9.17) is 0 Å². The predicted octanol–water partition coefficient (Wildman–Crippen LogP) is 1.60. The fourth-order valence-corrected chi connectivity index (χ4v) is 1.17. The number of ether oxygens (including phenoxy) is 1. The van der Waals surface area contributed by atoms with Crippen LogP contribution in [0.2, 0.25) is 0 Å². The molecule has 3 nitrogen and oxygen atoms in total. The van der Waals surface area contributed by atoms with Crippen molar-refractivity contribution in [1.82, 2.24) is 0 Å². The van der Waals surface area contributed by atoms with Crippen LogP contribution in [-0.2, 0) is 14.3 Å². The number of hydrogen-bond donors (Lipinski definition) is 0. The third-order valence-electron chi connectivity index (χ3n) is 1.76. The van der Waals surface area contributed by atoms with Crippen molar-refractivity contribution in [3.8, 4) is 0 Å². The van der Waals surface area contributed by atoms with Gasteiger partial charge in [-0.1, -0.05) is 37.8 Å². The first kappa shape index (κ1) is 10.2. The summed E-state index contributed by atoms with van der Waals surface area (Å²) in [5.41, 5.74) is 1.03. The highest BCUT2D eigenvalue weighted by Gasteiger charge is 2.24. The van der Waals surface area contributed by atoms with Gasteiger partial charge in [-0.3, -0.25) is 0 Å². The van der Waals surface area contributed by atoms with Crippen LogP contribution in [0.5, 0.6) is 0 Å². The van der Waals surface area contributed by atoms with Gasteiger partial charge in [-0.25, -0.2) is 9.59 Å². The van der Waals surface area contributed by atoms with Gasteiger partial charge in [0, 0.05) is 6.08 Å². The van der Waals surface area contributed by atoms with Crippen molar-refractivity contribution in [3.05, 3.63) is 49.4 Å². The van der Waals surface area contributed by atoms with Crippen molar-refractivity contribution in [3.63, 3.8) is 0 Å². The highest BCUT2D eigenvalue weighted by molar-refractivity contribution is 6.28. The second kappa shape index (κ2) is 3.87. The van der Waals surface area contributed by atoms with E-state index in [1.807, 2.05) is 6.07 Å². The first-order chi connectivity index (χ1) is 6.27. The van der Waals surface area contributed by atoms with Crippen molar-refractivity contribution in [2.75, 3.05) is 0 Å². The summed E-state index contributed by atoms with van der Waals surface area (Å²) in [4.78, 5) is 21.8. The Balaban J connectivity index is 0.000000980. The summed E-state index contributed by atoms with van der Waals surface area (Å²) in [5, 5.41) is 0. The molecule has 0 aromatic heterocycles. The maximum Gasteiger partial charge on any atom is 0.346 e. The Labute approximate surface area is 82.0 Å².